The molecule has 0 heterocycles. The van der Waals surface area contributed by atoms with Crippen LogP contribution in [0.4, 0.5) is 0 Å². The SMILES string of the molecule is COc1cccc(C=C2CCCCCC2=O)c1. The van der Waals surface area contributed by atoms with Crippen molar-refractivity contribution in [3.8, 4) is 5.75 Å². The number of hydrogen-bond acceptors (Lipinski definition) is 2. The van der Waals surface area contributed by atoms with E-state index in [4.69, 9.17) is 4.74 Å². The predicted molar refractivity (Wildman–Crippen MR) is 69.1 cm³/mol. The molecule has 0 unspecified atom stereocenters. The second kappa shape index (κ2) is 5.67. The molecule has 1 saturated carbocycles. The van der Waals surface area contributed by atoms with E-state index in [1.807, 2.05) is 30.3 Å². The summed E-state index contributed by atoms with van der Waals surface area (Å²) < 4.78 is 5.18. The fraction of sp³-hybridized carbons (Fsp3) is 0.400. The molecule has 2 nitrogen and oxygen atoms in total. The van der Waals surface area contributed by atoms with Gasteiger partial charge in [0.15, 0.2) is 5.78 Å². The van der Waals surface area contributed by atoms with Crippen molar-refractivity contribution >= 4 is 11.9 Å². The normalized spacial score (nSPS) is 19.1. The minimum absolute atomic E-state index is 0.310. The van der Waals surface area contributed by atoms with Crippen LogP contribution >= 0.6 is 0 Å². The zero-order chi connectivity index (χ0) is 12.1. The molecular weight excluding hydrogens is 212 g/mol. The Balaban J connectivity index is 2.23. The van der Waals surface area contributed by atoms with Gasteiger partial charge in [-0.1, -0.05) is 18.6 Å². The van der Waals surface area contributed by atoms with E-state index in [1.54, 1.807) is 7.11 Å². The van der Waals surface area contributed by atoms with Gasteiger partial charge < -0.3 is 4.74 Å². The second-order valence-electron chi connectivity index (χ2n) is 4.43. The molecule has 2 heteroatoms. The quantitative estimate of drug-likeness (QED) is 0.573. The van der Waals surface area contributed by atoms with E-state index in [2.05, 4.69) is 0 Å². The van der Waals surface area contributed by atoms with Crippen molar-refractivity contribution in [2.45, 2.75) is 32.1 Å². The lowest BCUT2D eigenvalue weighted by Gasteiger charge is -2.04. The van der Waals surface area contributed by atoms with Gasteiger partial charge in [-0.2, -0.15) is 0 Å². The van der Waals surface area contributed by atoms with Crippen molar-refractivity contribution in [2.75, 3.05) is 7.11 Å². The number of Topliss-reactive ketones (excluding diaryl/α,β-unsaturated/α-hetero) is 1. The number of carbonyl (C=O) groups excluding carboxylic acids is 1. The number of ether oxygens (including phenoxy) is 1. The largest absolute Gasteiger partial charge is 0.497 e. The molecule has 1 aliphatic carbocycles. The zero-order valence-electron chi connectivity index (χ0n) is 10.2. The van der Waals surface area contributed by atoms with Crippen LogP contribution < -0.4 is 4.74 Å². The summed E-state index contributed by atoms with van der Waals surface area (Å²) in [5.41, 5.74) is 2.02. The van der Waals surface area contributed by atoms with Gasteiger partial charge in [0, 0.05) is 6.42 Å². The summed E-state index contributed by atoms with van der Waals surface area (Å²) in [4.78, 5) is 11.9. The van der Waals surface area contributed by atoms with Gasteiger partial charge >= 0.3 is 0 Å². The van der Waals surface area contributed by atoms with E-state index in [9.17, 15) is 4.79 Å². The lowest BCUT2D eigenvalue weighted by atomic mass is 10.0. The first-order valence-electron chi connectivity index (χ1n) is 6.17. The molecule has 0 spiro atoms. The summed E-state index contributed by atoms with van der Waals surface area (Å²) in [5.74, 6) is 1.14. The lowest BCUT2D eigenvalue weighted by Crippen LogP contribution is -1.99. The molecule has 17 heavy (non-hydrogen) atoms. The summed E-state index contributed by atoms with van der Waals surface area (Å²) in [7, 11) is 1.66. The molecule has 1 aromatic rings. The standard InChI is InChI=1S/C15H18O2/c1-17-14-8-5-6-12(11-14)10-13-7-3-2-4-9-15(13)16/h5-6,8,10-11H,2-4,7,9H2,1H3. The van der Waals surface area contributed by atoms with Crippen LogP contribution in [0.25, 0.3) is 6.08 Å². The monoisotopic (exact) mass is 230 g/mol. The number of rotatable bonds is 2. The topological polar surface area (TPSA) is 26.3 Å². The third-order valence-corrected chi connectivity index (χ3v) is 3.14. The number of carbonyl (C=O) groups is 1. The summed E-state index contributed by atoms with van der Waals surface area (Å²) >= 11 is 0. The molecule has 1 aliphatic rings. The second-order valence-corrected chi connectivity index (χ2v) is 4.43. The highest BCUT2D eigenvalue weighted by Gasteiger charge is 2.13. The molecule has 90 valence electrons. The summed E-state index contributed by atoms with van der Waals surface area (Å²) in [6, 6.07) is 7.84. The third-order valence-electron chi connectivity index (χ3n) is 3.14. The molecule has 0 aliphatic heterocycles. The van der Waals surface area contributed by atoms with Crippen molar-refractivity contribution in [2.24, 2.45) is 0 Å². The smallest absolute Gasteiger partial charge is 0.158 e. The fourth-order valence-corrected chi connectivity index (χ4v) is 2.16. The van der Waals surface area contributed by atoms with Crippen LogP contribution in [0, 0.1) is 0 Å². The van der Waals surface area contributed by atoms with Crippen molar-refractivity contribution in [1.29, 1.82) is 0 Å². The van der Waals surface area contributed by atoms with Crippen molar-refractivity contribution < 1.29 is 9.53 Å². The first-order valence-corrected chi connectivity index (χ1v) is 6.17. The van der Waals surface area contributed by atoms with E-state index in [0.29, 0.717) is 12.2 Å². The molecule has 0 saturated heterocycles. The molecule has 0 radical (unpaired) electrons. The van der Waals surface area contributed by atoms with E-state index in [1.165, 1.54) is 6.42 Å². The van der Waals surface area contributed by atoms with Crippen LogP contribution in [0.5, 0.6) is 5.75 Å². The molecule has 0 atom stereocenters. The van der Waals surface area contributed by atoms with Gasteiger partial charge in [0.25, 0.3) is 0 Å². The average molecular weight is 230 g/mol. The van der Waals surface area contributed by atoms with Crippen molar-refractivity contribution in [1.82, 2.24) is 0 Å². The minimum Gasteiger partial charge on any atom is -0.497 e. The number of benzene rings is 1. The fourth-order valence-electron chi connectivity index (χ4n) is 2.16. The van der Waals surface area contributed by atoms with Gasteiger partial charge in [-0.25, -0.2) is 0 Å². The van der Waals surface area contributed by atoms with E-state index in [-0.39, 0.29) is 0 Å². The third kappa shape index (κ3) is 3.19. The highest BCUT2D eigenvalue weighted by Crippen LogP contribution is 2.23. The lowest BCUT2D eigenvalue weighted by molar-refractivity contribution is -0.115. The Labute approximate surface area is 102 Å². The van der Waals surface area contributed by atoms with E-state index in [0.717, 1.165) is 36.1 Å². The van der Waals surface area contributed by atoms with Gasteiger partial charge in [0.1, 0.15) is 5.75 Å². The summed E-state index contributed by atoms with van der Waals surface area (Å²) in [6.07, 6.45) is 6.96. The molecule has 1 aromatic carbocycles. The predicted octanol–water partition coefficient (Wildman–Crippen LogP) is 3.61. The van der Waals surface area contributed by atoms with Crippen molar-refractivity contribution in [3.63, 3.8) is 0 Å². The van der Waals surface area contributed by atoms with Gasteiger partial charge in [0.05, 0.1) is 7.11 Å². The van der Waals surface area contributed by atoms with Crippen LogP contribution in [-0.4, -0.2) is 12.9 Å². The van der Waals surface area contributed by atoms with E-state index < -0.39 is 0 Å². The molecule has 0 bridgehead atoms. The van der Waals surface area contributed by atoms with Crippen molar-refractivity contribution in [3.05, 3.63) is 35.4 Å². The first kappa shape index (κ1) is 11.9. The number of methoxy groups -OCH3 is 1. The Hall–Kier alpha value is -1.57. The molecular formula is C15H18O2. The van der Waals surface area contributed by atoms with Gasteiger partial charge in [-0.15, -0.1) is 0 Å². The Morgan fingerprint density at radius 3 is 2.82 bits per heavy atom. The Morgan fingerprint density at radius 1 is 1.18 bits per heavy atom. The molecule has 0 aromatic heterocycles. The average Bonchev–Trinajstić information content (AvgIpc) is 2.55. The summed E-state index contributed by atoms with van der Waals surface area (Å²) in [6.45, 7) is 0. The Bertz CT molecular complexity index is 432. The highest BCUT2D eigenvalue weighted by molar-refractivity contribution is 5.99. The van der Waals surface area contributed by atoms with Gasteiger partial charge in [-0.3, -0.25) is 4.79 Å². The Kier molecular flexibility index (Phi) is 3.97. The number of ketones is 1. The van der Waals surface area contributed by atoms with Crippen LogP contribution in [0.15, 0.2) is 29.8 Å². The molecule has 1 fully saturated rings. The van der Waals surface area contributed by atoms with E-state index >= 15 is 0 Å². The Morgan fingerprint density at radius 2 is 2.00 bits per heavy atom. The molecule has 0 N–H and O–H groups in total. The molecule has 0 amide bonds. The maximum absolute atomic E-state index is 11.9. The highest BCUT2D eigenvalue weighted by atomic mass is 16.5. The summed E-state index contributed by atoms with van der Waals surface area (Å²) in [5, 5.41) is 0. The van der Waals surface area contributed by atoms with Crippen LogP contribution in [0.2, 0.25) is 0 Å². The first-order chi connectivity index (χ1) is 8.29. The number of hydrogen-bond donors (Lipinski definition) is 0. The van der Waals surface area contributed by atoms with Crippen LogP contribution in [0.1, 0.15) is 37.7 Å². The maximum atomic E-state index is 11.9. The van der Waals surface area contributed by atoms with Gasteiger partial charge in [-0.05, 0) is 48.6 Å². The zero-order valence-corrected chi connectivity index (χ0v) is 10.2. The van der Waals surface area contributed by atoms with Gasteiger partial charge in [0.2, 0.25) is 0 Å². The molecule has 2 rings (SSSR count). The van der Waals surface area contributed by atoms with Crippen LogP contribution in [0.3, 0.4) is 0 Å². The maximum Gasteiger partial charge on any atom is 0.158 e. The number of allylic oxidation sites excluding steroid dienone is 1. The minimum atomic E-state index is 0.310. The van der Waals surface area contributed by atoms with Crippen LogP contribution in [-0.2, 0) is 4.79 Å².